The molecule has 1 N–H and O–H groups in total. The molecule has 0 bridgehead atoms. The van der Waals surface area contributed by atoms with Crippen molar-refractivity contribution < 1.29 is 27.5 Å². The molecule has 4 aliphatic rings. The van der Waals surface area contributed by atoms with E-state index in [1.54, 1.807) is 50.1 Å². The van der Waals surface area contributed by atoms with Crippen LogP contribution in [0, 0.1) is 17.2 Å². The molecule has 1 amide bonds. The molecular formula is C29H36N6O6S. The number of aliphatic imine (C=N–C) groups is 2. The zero-order valence-corrected chi connectivity index (χ0v) is 25.5. The van der Waals surface area contributed by atoms with Gasteiger partial charge in [-0.2, -0.15) is 9.57 Å². The van der Waals surface area contributed by atoms with E-state index in [1.165, 1.54) is 10.5 Å². The molecule has 1 aromatic carbocycles. The molecule has 2 fully saturated rings. The molecular weight excluding hydrogens is 560 g/mol. The number of esters is 1. The lowest BCUT2D eigenvalue weighted by Crippen LogP contribution is -2.58. The third-order valence-electron chi connectivity index (χ3n) is 7.65. The normalized spacial score (nSPS) is 28.1. The van der Waals surface area contributed by atoms with Gasteiger partial charge in [-0.15, -0.1) is 0 Å². The van der Waals surface area contributed by atoms with Gasteiger partial charge in [-0.3, -0.25) is 15.2 Å². The summed E-state index contributed by atoms with van der Waals surface area (Å²) in [4.78, 5) is 34.6. The number of nitriles is 1. The van der Waals surface area contributed by atoms with Gasteiger partial charge in [-0.05, 0) is 84.2 Å². The first-order valence-electron chi connectivity index (χ1n) is 13.9. The number of dihydropyridines is 1. The fourth-order valence-electron chi connectivity index (χ4n) is 5.68. The van der Waals surface area contributed by atoms with E-state index in [1.807, 2.05) is 20.8 Å². The third-order valence-corrected chi connectivity index (χ3v) is 9.86. The van der Waals surface area contributed by atoms with Crippen molar-refractivity contribution in [1.29, 1.82) is 5.26 Å². The van der Waals surface area contributed by atoms with Crippen LogP contribution in [0.3, 0.4) is 0 Å². The van der Waals surface area contributed by atoms with Gasteiger partial charge >= 0.3 is 5.97 Å². The van der Waals surface area contributed by atoms with Crippen LogP contribution < -0.4 is 5.43 Å². The Morgan fingerprint density at radius 1 is 1.29 bits per heavy atom. The Balaban J connectivity index is 1.45. The summed E-state index contributed by atoms with van der Waals surface area (Å²) < 4.78 is 39.1. The Bertz CT molecular complexity index is 1550. The van der Waals surface area contributed by atoms with E-state index in [9.17, 15) is 23.3 Å². The molecule has 12 nitrogen and oxygen atoms in total. The Hall–Kier alpha value is -3.60. The first kappa shape index (κ1) is 29.9. The van der Waals surface area contributed by atoms with Gasteiger partial charge in [0.25, 0.3) is 5.91 Å². The van der Waals surface area contributed by atoms with Crippen molar-refractivity contribution >= 4 is 39.6 Å². The van der Waals surface area contributed by atoms with Gasteiger partial charge in [-0.25, -0.2) is 23.2 Å². The van der Waals surface area contributed by atoms with Crippen molar-refractivity contribution in [3.05, 3.63) is 35.5 Å². The standard InChI is InChI=1S/C29H36N6O6S/c1-27(2,3)34-16-18-15-19(7-8-22(18)42(34,38)39)32-24-23-20(10-14-31-25(23)36)35(33-24)29(12-13-30)11-9-21(40-17-29)26(37)41-28(4,5)6/h7-8,10,14-15,21,23H,9,11-12,16-17H2,1-6H3,(H,32,33)/t21-,23?,29-/m0/s1. The fraction of sp³-hybridized carbons (Fsp3) is 0.552. The molecule has 4 heterocycles. The van der Waals surface area contributed by atoms with Gasteiger partial charge in [0.05, 0.1) is 40.9 Å². The van der Waals surface area contributed by atoms with Crippen LogP contribution in [0.1, 0.15) is 66.4 Å². The van der Waals surface area contributed by atoms with Gasteiger partial charge in [0.15, 0.2) is 6.10 Å². The largest absolute Gasteiger partial charge is 0.458 e. The maximum Gasteiger partial charge on any atom is 0.335 e. The number of hydrazine groups is 1. The SMILES string of the molecule is CC(C)(C)OC(=O)[C@@H]1CC[C@@](CC#N)(N2NC(=Nc3ccc4c(c3)CN(C(C)(C)C)S4(=O)=O)C3C(=O)N=CC=C32)CO1. The molecule has 1 unspecified atom stereocenters. The molecule has 2 saturated heterocycles. The monoisotopic (exact) mass is 596 g/mol. The highest BCUT2D eigenvalue weighted by Gasteiger charge is 2.52. The second-order valence-electron chi connectivity index (χ2n) is 13.0. The van der Waals surface area contributed by atoms with Gasteiger partial charge in [0.2, 0.25) is 10.0 Å². The lowest BCUT2D eigenvalue weighted by molar-refractivity contribution is -0.178. The van der Waals surface area contributed by atoms with E-state index in [-0.39, 0.29) is 24.5 Å². The number of sulfonamides is 1. The van der Waals surface area contributed by atoms with Gasteiger partial charge in [-0.1, -0.05) is 0 Å². The van der Waals surface area contributed by atoms with E-state index in [0.717, 1.165) is 0 Å². The van der Waals surface area contributed by atoms with Crippen LogP contribution in [-0.2, 0) is 35.6 Å². The number of hydrogen-bond donors (Lipinski definition) is 1. The summed E-state index contributed by atoms with van der Waals surface area (Å²) in [5.41, 5.74) is 2.78. The smallest absolute Gasteiger partial charge is 0.335 e. The summed E-state index contributed by atoms with van der Waals surface area (Å²) in [5.74, 6) is -1.40. The number of amidine groups is 1. The van der Waals surface area contributed by atoms with Crippen LogP contribution in [-0.4, -0.2) is 71.0 Å². The molecule has 3 atom stereocenters. The number of amides is 1. The van der Waals surface area contributed by atoms with Crippen LogP contribution in [0.5, 0.6) is 0 Å². The van der Waals surface area contributed by atoms with Gasteiger partial charge in [0.1, 0.15) is 17.4 Å². The molecule has 13 heteroatoms. The molecule has 0 aromatic heterocycles. The molecule has 0 aliphatic carbocycles. The van der Waals surface area contributed by atoms with Crippen molar-refractivity contribution in [1.82, 2.24) is 14.7 Å². The van der Waals surface area contributed by atoms with E-state index in [4.69, 9.17) is 14.5 Å². The summed E-state index contributed by atoms with van der Waals surface area (Å²) in [6, 6.07) is 7.11. The lowest BCUT2D eigenvalue weighted by Gasteiger charge is -2.45. The highest BCUT2D eigenvalue weighted by Crippen LogP contribution is 2.41. The number of carbonyl (C=O) groups excluding carboxylic acids is 2. The Kier molecular flexibility index (Phi) is 7.32. The average molecular weight is 597 g/mol. The van der Waals surface area contributed by atoms with E-state index < -0.39 is 50.6 Å². The lowest BCUT2D eigenvalue weighted by atomic mass is 9.85. The van der Waals surface area contributed by atoms with Crippen LogP contribution in [0.15, 0.2) is 44.9 Å². The van der Waals surface area contributed by atoms with Crippen molar-refractivity contribution in [3.63, 3.8) is 0 Å². The van der Waals surface area contributed by atoms with Crippen LogP contribution >= 0.6 is 0 Å². The quantitative estimate of drug-likeness (QED) is 0.517. The summed E-state index contributed by atoms with van der Waals surface area (Å²) in [7, 11) is -3.63. The zero-order valence-electron chi connectivity index (χ0n) is 24.7. The molecule has 0 radical (unpaired) electrons. The number of ether oxygens (including phenoxy) is 2. The number of nitrogens with one attached hydrogen (secondary N) is 1. The van der Waals surface area contributed by atoms with Gasteiger partial charge < -0.3 is 9.47 Å². The first-order chi connectivity index (χ1) is 19.6. The number of fused-ring (bicyclic) bond motifs is 2. The molecule has 1 aromatic rings. The van der Waals surface area contributed by atoms with Gasteiger partial charge in [0, 0.05) is 18.3 Å². The Morgan fingerprint density at radius 3 is 2.64 bits per heavy atom. The minimum absolute atomic E-state index is 0.0412. The average Bonchev–Trinajstić information content (AvgIpc) is 3.39. The number of hydrogen-bond acceptors (Lipinski definition) is 9. The molecule has 42 heavy (non-hydrogen) atoms. The maximum atomic E-state index is 13.1. The first-order valence-corrected chi connectivity index (χ1v) is 15.3. The predicted molar refractivity (Wildman–Crippen MR) is 154 cm³/mol. The fourth-order valence-corrected chi connectivity index (χ4v) is 7.65. The van der Waals surface area contributed by atoms with E-state index in [2.05, 4.69) is 16.5 Å². The minimum Gasteiger partial charge on any atom is -0.458 e. The Labute approximate surface area is 246 Å². The van der Waals surface area contributed by atoms with E-state index >= 15 is 0 Å². The highest BCUT2D eigenvalue weighted by atomic mass is 32.2. The van der Waals surface area contributed by atoms with E-state index in [0.29, 0.717) is 35.6 Å². The topological polar surface area (TPSA) is 154 Å². The molecule has 224 valence electrons. The summed E-state index contributed by atoms with van der Waals surface area (Å²) in [6.45, 7) is 11.2. The van der Waals surface area contributed by atoms with Crippen LogP contribution in [0.4, 0.5) is 5.69 Å². The summed E-state index contributed by atoms with van der Waals surface area (Å²) >= 11 is 0. The summed E-state index contributed by atoms with van der Waals surface area (Å²) in [5, 5.41) is 11.5. The molecule has 0 spiro atoms. The van der Waals surface area contributed by atoms with Crippen LogP contribution in [0.25, 0.3) is 0 Å². The zero-order chi connectivity index (χ0) is 30.7. The second-order valence-corrected chi connectivity index (χ2v) is 14.8. The minimum atomic E-state index is -3.63. The van der Waals surface area contributed by atoms with Crippen molar-refractivity contribution in [2.75, 3.05) is 6.61 Å². The number of carbonyl (C=O) groups is 2. The number of benzene rings is 1. The summed E-state index contributed by atoms with van der Waals surface area (Å²) in [6.07, 6.45) is 3.16. The Morgan fingerprint density at radius 2 is 2.02 bits per heavy atom. The van der Waals surface area contributed by atoms with Crippen molar-refractivity contribution in [2.24, 2.45) is 15.9 Å². The molecule has 4 aliphatic heterocycles. The van der Waals surface area contributed by atoms with Crippen molar-refractivity contribution in [3.8, 4) is 6.07 Å². The number of nitrogens with zero attached hydrogens (tertiary/aromatic N) is 5. The number of rotatable bonds is 4. The predicted octanol–water partition coefficient (Wildman–Crippen LogP) is 3.12. The third kappa shape index (κ3) is 5.34. The molecule has 0 saturated carbocycles. The highest BCUT2D eigenvalue weighted by molar-refractivity contribution is 7.89. The van der Waals surface area contributed by atoms with Crippen LogP contribution in [0.2, 0.25) is 0 Å². The number of allylic oxidation sites excluding steroid dienone is 1. The van der Waals surface area contributed by atoms with Crippen molar-refractivity contribution in [2.45, 2.75) is 95.0 Å². The maximum absolute atomic E-state index is 13.1. The molecule has 5 rings (SSSR count). The second kappa shape index (κ2) is 10.3.